The third kappa shape index (κ3) is 2.94. The molecular weight excluding hydrogens is 228 g/mol. The lowest BCUT2D eigenvalue weighted by Crippen LogP contribution is -2.26. The van der Waals surface area contributed by atoms with E-state index in [4.69, 9.17) is 0 Å². The third-order valence-corrected chi connectivity index (χ3v) is 2.88. The predicted octanol–water partition coefficient (Wildman–Crippen LogP) is 1.39. The van der Waals surface area contributed by atoms with Crippen LogP contribution in [0, 0.1) is 13.8 Å². The second kappa shape index (κ2) is 5.44. The summed E-state index contributed by atoms with van der Waals surface area (Å²) < 4.78 is 0. The van der Waals surface area contributed by atoms with Crippen LogP contribution in [0.3, 0.4) is 0 Å². The molecule has 0 bridgehead atoms. The molecule has 2 aromatic rings. The van der Waals surface area contributed by atoms with E-state index in [1.165, 1.54) is 11.9 Å². The molecule has 1 amide bonds. The maximum absolute atomic E-state index is 11.9. The number of nitrogens with one attached hydrogen (secondary N) is 2. The highest BCUT2D eigenvalue weighted by atomic mass is 16.1. The molecule has 0 spiro atoms. The molecule has 0 fully saturated rings. The van der Waals surface area contributed by atoms with Crippen molar-refractivity contribution in [1.82, 2.24) is 20.5 Å². The summed E-state index contributed by atoms with van der Waals surface area (Å²) in [5.74, 6) is 0.716. The van der Waals surface area contributed by atoms with Gasteiger partial charge < -0.3 is 5.32 Å². The summed E-state index contributed by atoms with van der Waals surface area (Å²) in [4.78, 5) is 15.9. The van der Waals surface area contributed by atoms with Crippen LogP contribution < -0.4 is 5.32 Å². The summed E-state index contributed by atoms with van der Waals surface area (Å²) in [5.41, 5.74) is 3.00. The molecule has 18 heavy (non-hydrogen) atoms. The number of aromatic amines is 1. The topological polar surface area (TPSA) is 70.7 Å². The van der Waals surface area contributed by atoms with E-state index in [1.807, 2.05) is 32.0 Å². The average molecular weight is 244 g/mol. The van der Waals surface area contributed by atoms with Crippen LogP contribution in [0.4, 0.5) is 0 Å². The van der Waals surface area contributed by atoms with Crippen LogP contribution in [-0.2, 0) is 6.42 Å². The molecule has 94 valence electrons. The van der Waals surface area contributed by atoms with Crippen molar-refractivity contribution in [2.75, 3.05) is 6.54 Å². The lowest BCUT2D eigenvalue weighted by Gasteiger charge is -2.06. The number of hydrogen-bond acceptors (Lipinski definition) is 3. The van der Waals surface area contributed by atoms with Crippen LogP contribution >= 0.6 is 0 Å². The van der Waals surface area contributed by atoms with Crippen LogP contribution in [0.2, 0.25) is 0 Å². The van der Waals surface area contributed by atoms with Gasteiger partial charge in [-0.2, -0.15) is 5.10 Å². The van der Waals surface area contributed by atoms with E-state index >= 15 is 0 Å². The first-order valence-corrected chi connectivity index (χ1v) is 5.86. The van der Waals surface area contributed by atoms with Gasteiger partial charge >= 0.3 is 0 Å². The monoisotopic (exact) mass is 244 g/mol. The molecule has 5 heteroatoms. The first-order chi connectivity index (χ1) is 8.66. The van der Waals surface area contributed by atoms with Crippen molar-refractivity contribution in [3.8, 4) is 0 Å². The van der Waals surface area contributed by atoms with E-state index in [0.29, 0.717) is 18.5 Å². The number of carbonyl (C=O) groups excluding carboxylic acids is 1. The van der Waals surface area contributed by atoms with Crippen molar-refractivity contribution in [3.05, 3.63) is 47.0 Å². The number of benzene rings is 1. The number of nitrogens with zero attached hydrogens (tertiary/aromatic N) is 2. The van der Waals surface area contributed by atoms with Gasteiger partial charge in [0.25, 0.3) is 5.91 Å². The van der Waals surface area contributed by atoms with Crippen LogP contribution in [-0.4, -0.2) is 27.6 Å². The largest absolute Gasteiger partial charge is 0.352 e. The molecule has 1 aromatic carbocycles. The maximum atomic E-state index is 11.9. The Morgan fingerprint density at radius 2 is 2.17 bits per heavy atom. The Balaban J connectivity index is 1.89. The van der Waals surface area contributed by atoms with Gasteiger partial charge in [-0.05, 0) is 37.1 Å². The second-order valence-corrected chi connectivity index (χ2v) is 4.24. The molecule has 1 heterocycles. The summed E-state index contributed by atoms with van der Waals surface area (Å²) in [6.07, 6.45) is 2.11. The smallest absolute Gasteiger partial charge is 0.251 e. The number of carbonyl (C=O) groups is 1. The fourth-order valence-corrected chi connectivity index (χ4v) is 1.63. The number of amides is 1. The molecule has 0 aliphatic heterocycles. The van der Waals surface area contributed by atoms with Crippen molar-refractivity contribution < 1.29 is 4.79 Å². The van der Waals surface area contributed by atoms with E-state index in [0.717, 1.165) is 11.4 Å². The van der Waals surface area contributed by atoms with Gasteiger partial charge in [-0.1, -0.05) is 6.07 Å². The molecule has 1 aromatic heterocycles. The second-order valence-electron chi connectivity index (χ2n) is 4.24. The van der Waals surface area contributed by atoms with E-state index in [9.17, 15) is 4.79 Å². The Kier molecular flexibility index (Phi) is 3.72. The molecule has 5 nitrogen and oxygen atoms in total. The third-order valence-electron chi connectivity index (χ3n) is 2.88. The van der Waals surface area contributed by atoms with Crippen molar-refractivity contribution in [2.24, 2.45) is 0 Å². The SMILES string of the molecule is Cc1ccc(C(=O)NCCc2ncn[nH]2)cc1C. The van der Waals surface area contributed by atoms with E-state index in [1.54, 1.807) is 0 Å². The molecule has 0 radical (unpaired) electrons. The first-order valence-electron chi connectivity index (χ1n) is 5.86. The number of rotatable bonds is 4. The van der Waals surface area contributed by atoms with Gasteiger partial charge in [0.2, 0.25) is 0 Å². The van der Waals surface area contributed by atoms with Crippen molar-refractivity contribution in [1.29, 1.82) is 0 Å². The van der Waals surface area contributed by atoms with Gasteiger partial charge in [-0.15, -0.1) is 0 Å². The quantitative estimate of drug-likeness (QED) is 0.854. The standard InChI is InChI=1S/C13H16N4O/c1-9-3-4-11(7-10(9)2)13(18)14-6-5-12-15-8-16-17-12/h3-4,7-8H,5-6H2,1-2H3,(H,14,18)(H,15,16,17). The molecule has 0 saturated heterocycles. The highest BCUT2D eigenvalue weighted by Gasteiger charge is 2.06. The zero-order valence-corrected chi connectivity index (χ0v) is 10.5. The Labute approximate surface area is 106 Å². The minimum absolute atomic E-state index is 0.0578. The van der Waals surface area contributed by atoms with Crippen LogP contribution in [0.1, 0.15) is 27.3 Å². The van der Waals surface area contributed by atoms with Crippen molar-refractivity contribution in [3.63, 3.8) is 0 Å². The summed E-state index contributed by atoms with van der Waals surface area (Å²) in [5, 5.41) is 9.36. The van der Waals surface area contributed by atoms with E-state index < -0.39 is 0 Å². The molecule has 0 aliphatic carbocycles. The highest BCUT2D eigenvalue weighted by molar-refractivity contribution is 5.94. The summed E-state index contributed by atoms with van der Waals surface area (Å²) in [7, 11) is 0. The van der Waals surface area contributed by atoms with E-state index in [-0.39, 0.29) is 5.91 Å². The summed E-state index contributed by atoms with van der Waals surface area (Å²) >= 11 is 0. The lowest BCUT2D eigenvalue weighted by atomic mass is 10.1. The molecule has 0 aliphatic rings. The fraction of sp³-hybridized carbons (Fsp3) is 0.308. The van der Waals surface area contributed by atoms with Gasteiger partial charge in [-0.25, -0.2) is 4.98 Å². The van der Waals surface area contributed by atoms with Gasteiger partial charge in [0, 0.05) is 18.5 Å². The number of aryl methyl sites for hydroxylation is 2. The van der Waals surface area contributed by atoms with Crippen LogP contribution in [0.25, 0.3) is 0 Å². The summed E-state index contributed by atoms with van der Waals surface area (Å²) in [6, 6.07) is 5.70. The molecule has 2 N–H and O–H groups in total. The highest BCUT2D eigenvalue weighted by Crippen LogP contribution is 2.09. The van der Waals surface area contributed by atoms with E-state index in [2.05, 4.69) is 20.5 Å². The molecule has 0 saturated carbocycles. The van der Waals surface area contributed by atoms with Crippen LogP contribution in [0.5, 0.6) is 0 Å². The zero-order valence-electron chi connectivity index (χ0n) is 10.5. The van der Waals surface area contributed by atoms with Gasteiger partial charge in [0.15, 0.2) is 0 Å². The minimum Gasteiger partial charge on any atom is -0.352 e. The minimum atomic E-state index is -0.0578. The first kappa shape index (κ1) is 12.3. The lowest BCUT2D eigenvalue weighted by molar-refractivity contribution is 0.0954. The predicted molar refractivity (Wildman–Crippen MR) is 68.3 cm³/mol. The van der Waals surface area contributed by atoms with Gasteiger partial charge in [-0.3, -0.25) is 9.89 Å². The Morgan fingerprint density at radius 1 is 1.33 bits per heavy atom. The average Bonchev–Trinajstić information content (AvgIpc) is 2.85. The van der Waals surface area contributed by atoms with Gasteiger partial charge in [0.1, 0.15) is 12.2 Å². The zero-order chi connectivity index (χ0) is 13.0. The fourth-order valence-electron chi connectivity index (χ4n) is 1.63. The normalized spacial score (nSPS) is 10.3. The Morgan fingerprint density at radius 3 is 2.83 bits per heavy atom. The number of H-pyrrole nitrogens is 1. The molecule has 0 unspecified atom stereocenters. The van der Waals surface area contributed by atoms with Gasteiger partial charge in [0.05, 0.1) is 0 Å². The van der Waals surface area contributed by atoms with Crippen molar-refractivity contribution in [2.45, 2.75) is 20.3 Å². The molecule has 0 atom stereocenters. The molecule has 2 rings (SSSR count). The maximum Gasteiger partial charge on any atom is 0.251 e. The van der Waals surface area contributed by atoms with Crippen molar-refractivity contribution >= 4 is 5.91 Å². The number of aromatic nitrogens is 3. The van der Waals surface area contributed by atoms with Crippen LogP contribution in [0.15, 0.2) is 24.5 Å². The Hall–Kier alpha value is -2.17. The molecular formula is C13H16N4O. The summed E-state index contributed by atoms with van der Waals surface area (Å²) in [6.45, 7) is 4.57. The number of hydrogen-bond donors (Lipinski definition) is 2. The Bertz CT molecular complexity index is 534.